The van der Waals surface area contributed by atoms with Gasteiger partial charge in [-0.05, 0) is 48.5 Å². The van der Waals surface area contributed by atoms with Crippen LogP contribution in [0, 0.1) is 12.8 Å². The highest BCUT2D eigenvalue weighted by molar-refractivity contribution is 9.10. The summed E-state index contributed by atoms with van der Waals surface area (Å²) in [4.78, 5) is 8.99. The summed E-state index contributed by atoms with van der Waals surface area (Å²) in [6.07, 6.45) is 6.27. The van der Waals surface area contributed by atoms with Crippen molar-refractivity contribution < 1.29 is 4.74 Å². The molecule has 1 atom stereocenters. The minimum Gasteiger partial charge on any atom is -0.383 e. The third-order valence-corrected chi connectivity index (χ3v) is 4.72. The highest BCUT2D eigenvalue weighted by Crippen LogP contribution is 2.36. The van der Waals surface area contributed by atoms with Crippen molar-refractivity contribution in [3.05, 3.63) is 16.0 Å². The van der Waals surface area contributed by atoms with Crippen LogP contribution in [0.5, 0.6) is 0 Å². The fraction of sp³-hybridized carbons (Fsp3) is 0.714. The number of halogens is 1. The molecule has 0 spiro atoms. The average Bonchev–Trinajstić information content (AvgIpc) is 2.42. The summed E-state index contributed by atoms with van der Waals surface area (Å²) in [5.41, 5.74) is 6.81. The molecule has 0 aliphatic heterocycles. The zero-order valence-electron chi connectivity index (χ0n) is 11.7. The molecular weight excluding hydrogens is 306 g/mol. The first-order valence-corrected chi connectivity index (χ1v) is 7.84. The number of hydrogen-bond donors (Lipinski definition) is 1. The Morgan fingerprint density at radius 3 is 2.58 bits per heavy atom. The summed E-state index contributed by atoms with van der Waals surface area (Å²) in [6.45, 7) is 4.64. The molecule has 106 valence electrons. The third-order valence-electron chi connectivity index (χ3n) is 3.74. The van der Waals surface area contributed by atoms with Gasteiger partial charge < -0.3 is 10.5 Å². The molecule has 0 radical (unpaired) electrons. The molecule has 1 aromatic heterocycles. The van der Waals surface area contributed by atoms with Gasteiger partial charge in [-0.3, -0.25) is 0 Å². The Bertz CT molecular complexity index is 410. The van der Waals surface area contributed by atoms with Crippen LogP contribution in [0.4, 0.5) is 5.82 Å². The quantitative estimate of drug-likeness (QED) is 0.913. The zero-order valence-corrected chi connectivity index (χ0v) is 13.2. The Balaban J connectivity index is 2.27. The molecule has 1 aliphatic carbocycles. The number of aromatic nitrogens is 2. The van der Waals surface area contributed by atoms with E-state index in [1.54, 1.807) is 0 Å². The van der Waals surface area contributed by atoms with Crippen LogP contribution in [0.3, 0.4) is 0 Å². The molecule has 19 heavy (non-hydrogen) atoms. The maximum absolute atomic E-state index is 5.93. The number of aryl methyl sites for hydroxylation is 1. The molecule has 1 fully saturated rings. The van der Waals surface area contributed by atoms with Crippen molar-refractivity contribution in [2.45, 2.75) is 52.1 Å². The molecule has 1 saturated carbocycles. The molecular formula is C14H22BrN3O. The highest BCUT2D eigenvalue weighted by Gasteiger charge is 2.28. The maximum Gasteiger partial charge on any atom is 0.160 e. The minimum absolute atomic E-state index is 0.0144. The van der Waals surface area contributed by atoms with Crippen molar-refractivity contribution in [1.82, 2.24) is 9.97 Å². The standard InChI is InChI=1S/C14H22BrN3O/c1-3-19-12(10-7-5-4-6-8-10)14-17-9(2)11(15)13(16)18-14/h10,12H,3-8H2,1-2H3,(H2,16,17,18). The topological polar surface area (TPSA) is 61.0 Å². The van der Waals surface area contributed by atoms with E-state index in [1.807, 2.05) is 13.8 Å². The zero-order chi connectivity index (χ0) is 13.8. The van der Waals surface area contributed by atoms with Crippen molar-refractivity contribution >= 4 is 21.7 Å². The predicted octanol–water partition coefficient (Wildman–Crippen LogP) is 3.79. The first-order valence-electron chi connectivity index (χ1n) is 7.04. The maximum atomic E-state index is 5.93. The molecule has 2 rings (SSSR count). The third kappa shape index (κ3) is 3.45. The van der Waals surface area contributed by atoms with E-state index in [1.165, 1.54) is 32.1 Å². The Morgan fingerprint density at radius 1 is 1.32 bits per heavy atom. The largest absolute Gasteiger partial charge is 0.383 e. The lowest BCUT2D eigenvalue weighted by atomic mass is 9.85. The van der Waals surface area contributed by atoms with E-state index in [0.29, 0.717) is 18.3 Å². The van der Waals surface area contributed by atoms with Crippen molar-refractivity contribution in [2.24, 2.45) is 5.92 Å². The van der Waals surface area contributed by atoms with Gasteiger partial charge in [0.25, 0.3) is 0 Å². The van der Waals surface area contributed by atoms with E-state index in [9.17, 15) is 0 Å². The Morgan fingerprint density at radius 2 is 2.00 bits per heavy atom. The number of nitrogens with zero attached hydrogens (tertiary/aromatic N) is 2. The smallest absolute Gasteiger partial charge is 0.160 e. The van der Waals surface area contributed by atoms with Crippen LogP contribution < -0.4 is 5.73 Å². The number of hydrogen-bond acceptors (Lipinski definition) is 4. The lowest BCUT2D eigenvalue weighted by Crippen LogP contribution is -2.22. The van der Waals surface area contributed by atoms with E-state index < -0.39 is 0 Å². The lowest BCUT2D eigenvalue weighted by molar-refractivity contribution is -0.000209. The van der Waals surface area contributed by atoms with Gasteiger partial charge in [0.2, 0.25) is 0 Å². The van der Waals surface area contributed by atoms with Gasteiger partial charge in [-0.15, -0.1) is 0 Å². The molecule has 0 bridgehead atoms. The second-order valence-electron chi connectivity index (χ2n) is 5.14. The van der Waals surface area contributed by atoms with Gasteiger partial charge in [0, 0.05) is 6.61 Å². The fourth-order valence-corrected chi connectivity index (χ4v) is 2.95. The lowest BCUT2D eigenvalue weighted by Gasteiger charge is -2.29. The molecule has 0 amide bonds. The van der Waals surface area contributed by atoms with Gasteiger partial charge in [-0.2, -0.15) is 0 Å². The highest BCUT2D eigenvalue weighted by atomic mass is 79.9. The molecule has 4 nitrogen and oxygen atoms in total. The van der Waals surface area contributed by atoms with E-state index >= 15 is 0 Å². The summed E-state index contributed by atoms with van der Waals surface area (Å²) in [6, 6.07) is 0. The minimum atomic E-state index is -0.0144. The van der Waals surface area contributed by atoms with Gasteiger partial charge in [0.1, 0.15) is 11.9 Å². The van der Waals surface area contributed by atoms with Gasteiger partial charge in [-0.25, -0.2) is 9.97 Å². The van der Waals surface area contributed by atoms with E-state index in [-0.39, 0.29) is 6.10 Å². The van der Waals surface area contributed by atoms with E-state index in [4.69, 9.17) is 10.5 Å². The van der Waals surface area contributed by atoms with Crippen molar-refractivity contribution in [3.63, 3.8) is 0 Å². The second-order valence-corrected chi connectivity index (χ2v) is 5.93. The number of ether oxygens (including phenoxy) is 1. The van der Waals surface area contributed by atoms with Crippen LogP contribution in [-0.2, 0) is 4.74 Å². The summed E-state index contributed by atoms with van der Waals surface area (Å²) in [5.74, 6) is 1.77. The summed E-state index contributed by atoms with van der Waals surface area (Å²) in [7, 11) is 0. The molecule has 2 N–H and O–H groups in total. The summed E-state index contributed by atoms with van der Waals surface area (Å²) < 4.78 is 6.71. The molecule has 0 saturated heterocycles. The average molecular weight is 328 g/mol. The van der Waals surface area contributed by atoms with Gasteiger partial charge >= 0.3 is 0 Å². The summed E-state index contributed by atoms with van der Waals surface area (Å²) >= 11 is 3.41. The molecule has 0 aromatic carbocycles. The fourth-order valence-electron chi connectivity index (χ4n) is 2.77. The molecule has 5 heteroatoms. The van der Waals surface area contributed by atoms with Crippen LogP contribution in [-0.4, -0.2) is 16.6 Å². The first kappa shape index (κ1) is 14.7. The van der Waals surface area contributed by atoms with Crippen molar-refractivity contribution in [1.29, 1.82) is 0 Å². The van der Waals surface area contributed by atoms with Crippen LogP contribution in [0.1, 0.15) is 56.7 Å². The van der Waals surface area contributed by atoms with Crippen LogP contribution in [0.2, 0.25) is 0 Å². The van der Waals surface area contributed by atoms with Gasteiger partial charge in [0.05, 0.1) is 10.2 Å². The molecule has 1 heterocycles. The number of nitrogens with two attached hydrogens (primary N) is 1. The normalized spacial score (nSPS) is 18.5. The predicted molar refractivity (Wildman–Crippen MR) is 79.8 cm³/mol. The number of nitrogen functional groups attached to an aromatic ring is 1. The first-order chi connectivity index (χ1) is 9.13. The van der Waals surface area contributed by atoms with Crippen LogP contribution in [0.15, 0.2) is 4.47 Å². The van der Waals surface area contributed by atoms with Crippen LogP contribution >= 0.6 is 15.9 Å². The van der Waals surface area contributed by atoms with Gasteiger partial charge in [-0.1, -0.05) is 19.3 Å². The van der Waals surface area contributed by atoms with E-state index in [2.05, 4.69) is 25.9 Å². The Hall–Kier alpha value is -0.680. The number of anilines is 1. The molecule has 1 unspecified atom stereocenters. The monoisotopic (exact) mass is 327 g/mol. The Kier molecular flexibility index (Phi) is 5.16. The molecule has 1 aromatic rings. The van der Waals surface area contributed by atoms with Gasteiger partial charge in [0.15, 0.2) is 5.82 Å². The molecule has 1 aliphatic rings. The SMILES string of the molecule is CCOC(c1nc(C)c(Br)c(N)n1)C1CCCCC1. The van der Waals surface area contributed by atoms with Crippen molar-refractivity contribution in [2.75, 3.05) is 12.3 Å². The van der Waals surface area contributed by atoms with E-state index in [0.717, 1.165) is 16.0 Å². The van der Waals surface area contributed by atoms with Crippen molar-refractivity contribution in [3.8, 4) is 0 Å². The second kappa shape index (κ2) is 6.66. The number of rotatable bonds is 4. The Labute approximate surface area is 123 Å². The summed E-state index contributed by atoms with van der Waals surface area (Å²) in [5, 5.41) is 0. The van der Waals surface area contributed by atoms with Crippen LogP contribution in [0.25, 0.3) is 0 Å².